The van der Waals surface area contributed by atoms with E-state index in [2.05, 4.69) is 35.7 Å². The highest BCUT2D eigenvalue weighted by atomic mass is 19.4. The molecule has 0 unspecified atom stereocenters. The lowest BCUT2D eigenvalue weighted by Crippen LogP contribution is -2.49. The number of nitrogens with one attached hydrogen (secondary N) is 2. The predicted octanol–water partition coefficient (Wildman–Crippen LogP) is 2.82. The zero-order chi connectivity index (χ0) is 27.3. The van der Waals surface area contributed by atoms with Crippen LogP contribution in [0.3, 0.4) is 0 Å². The second-order valence-corrected chi connectivity index (χ2v) is 8.54. The van der Waals surface area contributed by atoms with Crippen molar-refractivity contribution in [3.63, 3.8) is 0 Å². The van der Waals surface area contributed by atoms with Crippen molar-refractivity contribution in [2.45, 2.75) is 38.5 Å². The molecular weight excluding hydrogens is 524 g/mol. The molecule has 0 aromatic carbocycles. The van der Waals surface area contributed by atoms with Crippen LogP contribution in [0.1, 0.15) is 12.6 Å². The van der Waals surface area contributed by atoms with E-state index in [-0.39, 0.29) is 41.7 Å². The number of anilines is 3. The summed E-state index contributed by atoms with van der Waals surface area (Å²) in [6.45, 7) is -0.236. The fourth-order valence-electron chi connectivity index (χ4n) is 3.82. The Morgan fingerprint density at radius 3 is 2.55 bits per heavy atom. The van der Waals surface area contributed by atoms with Crippen LogP contribution >= 0.6 is 0 Å². The van der Waals surface area contributed by atoms with Crippen LogP contribution in [0.15, 0.2) is 18.6 Å². The van der Waals surface area contributed by atoms with Crippen molar-refractivity contribution >= 4 is 28.6 Å². The van der Waals surface area contributed by atoms with E-state index in [1.165, 1.54) is 17.2 Å². The summed E-state index contributed by atoms with van der Waals surface area (Å²) in [6.07, 6.45) is -6.27. The molecule has 0 amide bonds. The summed E-state index contributed by atoms with van der Waals surface area (Å²) in [5, 5.41) is 10.6. The standard InChI is InChI=1S/C21H25F6N9O2/c1-13-8-35(5-4-29-13)19-32-16-14(9-38-11-21(25,26)27)34-36(6-7-37-10-20(22,23)24)17(16)18(33-19)31-15-2-3-28-12-30-15/h2-3,12-13,29H,4-11H2,1H3,(H,28,30,31,32,33)/t13-/m0/s1. The van der Waals surface area contributed by atoms with Gasteiger partial charge < -0.3 is 25.0 Å². The van der Waals surface area contributed by atoms with E-state index in [0.29, 0.717) is 31.4 Å². The van der Waals surface area contributed by atoms with Crippen molar-refractivity contribution in [1.29, 1.82) is 0 Å². The third-order valence-electron chi connectivity index (χ3n) is 5.34. The number of ether oxygens (including phenoxy) is 2. The predicted molar refractivity (Wildman–Crippen MR) is 123 cm³/mol. The molecule has 4 rings (SSSR count). The van der Waals surface area contributed by atoms with Gasteiger partial charge in [0.2, 0.25) is 5.95 Å². The molecule has 11 nitrogen and oxygen atoms in total. The minimum Gasteiger partial charge on any atom is -0.370 e. The van der Waals surface area contributed by atoms with Gasteiger partial charge in [0.25, 0.3) is 0 Å². The largest absolute Gasteiger partial charge is 0.411 e. The van der Waals surface area contributed by atoms with Gasteiger partial charge in [-0.3, -0.25) is 4.68 Å². The van der Waals surface area contributed by atoms with Gasteiger partial charge in [0, 0.05) is 31.9 Å². The van der Waals surface area contributed by atoms with Gasteiger partial charge in [-0.15, -0.1) is 0 Å². The highest BCUT2D eigenvalue weighted by Crippen LogP contribution is 2.29. The van der Waals surface area contributed by atoms with Crippen molar-refractivity contribution in [3.8, 4) is 0 Å². The Bertz CT molecular complexity index is 1210. The lowest BCUT2D eigenvalue weighted by Gasteiger charge is -2.32. The maximum absolute atomic E-state index is 12.7. The minimum atomic E-state index is -4.55. The maximum Gasteiger partial charge on any atom is 0.411 e. The first kappa shape index (κ1) is 27.7. The molecule has 3 aromatic rings. The summed E-state index contributed by atoms with van der Waals surface area (Å²) >= 11 is 0. The molecule has 0 bridgehead atoms. The van der Waals surface area contributed by atoms with Crippen molar-refractivity contribution in [2.24, 2.45) is 0 Å². The monoisotopic (exact) mass is 549 g/mol. The molecular formula is C21H25F6N9O2. The van der Waals surface area contributed by atoms with Gasteiger partial charge in [-0.2, -0.15) is 36.4 Å². The first-order chi connectivity index (χ1) is 18.0. The van der Waals surface area contributed by atoms with Gasteiger partial charge in [0.05, 0.1) is 19.8 Å². The number of rotatable bonds is 10. The Labute approximate surface area is 212 Å². The van der Waals surface area contributed by atoms with Gasteiger partial charge in [-0.25, -0.2) is 15.0 Å². The molecule has 3 aromatic heterocycles. The Kier molecular flexibility index (Phi) is 8.47. The van der Waals surface area contributed by atoms with Crippen LogP contribution in [0.2, 0.25) is 0 Å². The third kappa shape index (κ3) is 7.61. The summed E-state index contributed by atoms with van der Waals surface area (Å²) in [4.78, 5) is 19.1. The number of aromatic nitrogens is 6. The van der Waals surface area contributed by atoms with Crippen LogP contribution in [-0.4, -0.2) is 87.6 Å². The van der Waals surface area contributed by atoms with Crippen LogP contribution in [0.4, 0.5) is 43.9 Å². The quantitative estimate of drug-likeness (QED) is 0.289. The normalized spacial score (nSPS) is 16.8. The fraction of sp³-hybridized carbons (Fsp3) is 0.571. The first-order valence-corrected chi connectivity index (χ1v) is 11.6. The fourth-order valence-corrected chi connectivity index (χ4v) is 3.82. The second-order valence-electron chi connectivity index (χ2n) is 8.54. The van der Waals surface area contributed by atoms with Gasteiger partial charge in [0.1, 0.15) is 42.1 Å². The number of alkyl halides is 6. The number of piperazine rings is 1. The molecule has 0 radical (unpaired) electrons. The summed E-state index contributed by atoms with van der Waals surface area (Å²) in [6, 6.07) is 1.70. The van der Waals surface area contributed by atoms with Gasteiger partial charge >= 0.3 is 12.4 Å². The molecule has 2 N–H and O–H groups in total. The van der Waals surface area contributed by atoms with Crippen LogP contribution < -0.4 is 15.5 Å². The topological polar surface area (TPSA) is 115 Å². The van der Waals surface area contributed by atoms with Crippen molar-refractivity contribution in [3.05, 3.63) is 24.3 Å². The Balaban J connectivity index is 1.74. The molecule has 208 valence electrons. The molecule has 1 saturated heterocycles. The molecule has 1 fully saturated rings. The van der Waals surface area contributed by atoms with Crippen molar-refractivity contribution in [2.75, 3.05) is 49.7 Å². The van der Waals surface area contributed by atoms with E-state index in [1.807, 2.05) is 11.8 Å². The average molecular weight is 549 g/mol. The summed E-state index contributed by atoms with van der Waals surface area (Å²) in [5.41, 5.74) is 0.505. The van der Waals surface area contributed by atoms with Gasteiger partial charge in [-0.1, -0.05) is 0 Å². The lowest BCUT2D eigenvalue weighted by molar-refractivity contribution is -0.177. The van der Waals surface area contributed by atoms with E-state index in [1.54, 1.807) is 6.07 Å². The average Bonchev–Trinajstić information content (AvgIpc) is 3.19. The zero-order valence-corrected chi connectivity index (χ0v) is 20.2. The maximum atomic E-state index is 12.7. The minimum absolute atomic E-state index is 0.0673. The van der Waals surface area contributed by atoms with Gasteiger partial charge in [0.15, 0.2) is 5.82 Å². The van der Waals surface area contributed by atoms with E-state index in [9.17, 15) is 26.3 Å². The van der Waals surface area contributed by atoms with Gasteiger partial charge in [-0.05, 0) is 13.0 Å². The van der Waals surface area contributed by atoms with Crippen molar-refractivity contribution in [1.82, 2.24) is 35.0 Å². The Morgan fingerprint density at radius 2 is 1.87 bits per heavy atom. The summed E-state index contributed by atoms with van der Waals surface area (Å²) in [5.74, 6) is 0.864. The van der Waals surface area contributed by atoms with E-state index < -0.39 is 32.2 Å². The van der Waals surface area contributed by atoms with E-state index in [0.717, 1.165) is 0 Å². The SMILES string of the molecule is C[C@H]1CN(c2nc(Nc3ccncn3)c3c(n2)c(COCC(F)(F)F)nn3CCOCC(F)(F)F)CCN1. The highest BCUT2D eigenvalue weighted by molar-refractivity contribution is 5.90. The van der Waals surface area contributed by atoms with Crippen LogP contribution in [0.25, 0.3) is 11.0 Å². The molecule has 1 aliphatic rings. The van der Waals surface area contributed by atoms with E-state index >= 15 is 0 Å². The Morgan fingerprint density at radius 1 is 1.11 bits per heavy atom. The van der Waals surface area contributed by atoms with Crippen LogP contribution in [0, 0.1) is 0 Å². The Hall–Kier alpha value is -3.31. The molecule has 1 aliphatic heterocycles. The highest BCUT2D eigenvalue weighted by Gasteiger charge is 2.30. The molecule has 0 spiro atoms. The molecule has 0 saturated carbocycles. The first-order valence-electron chi connectivity index (χ1n) is 11.6. The van der Waals surface area contributed by atoms with Crippen molar-refractivity contribution < 1.29 is 35.8 Å². The molecule has 1 atom stereocenters. The zero-order valence-electron chi connectivity index (χ0n) is 20.2. The number of hydrogen-bond acceptors (Lipinski definition) is 10. The number of halogens is 6. The molecule has 17 heteroatoms. The van der Waals surface area contributed by atoms with Crippen LogP contribution in [-0.2, 0) is 22.6 Å². The van der Waals surface area contributed by atoms with E-state index in [4.69, 9.17) is 9.47 Å². The lowest BCUT2D eigenvalue weighted by atomic mass is 10.2. The second kappa shape index (κ2) is 11.6. The number of hydrogen-bond donors (Lipinski definition) is 2. The molecule has 38 heavy (non-hydrogen) atoms. The third-order valence-corrected chi connectivity index (χ3v) is 5.34. The number of fused-ring (bicyclic) bond motifs is 1. The molecule has 4 heterocycles. The van der Waals surface area contributed by atoms with Crippen LogP contribution in [0.5, 0.6) is 0 Å². The summed E-state index contributed by atoms with van der Waals surface area (Å²) in [7, 11) is 0. The number of nitrogens with zero attached hydrogens (tertiary/aromatic N) is 7. The summed E-state index contributed by atoms with van der Waals surface area (Å²) < 4.78 is 86.5. The smallest absolute Gasteiger partial charge is 0.370 e. The molecule has 0 aliphatic carbocycles.